The Bertz CT molecular complexity index is 677. The first-order valence-electron chi connectivity index (χ1n) is 5.75. The van der Waals surface area contributed by atoms with Crippen molar-refractivity contribution < 1.29 is 9.90 Å². The molecule has 2 aromatic rings. The lowest BCUT2D eigenvalue weighted by Gasteiger charge is -2.05. The normalized spacial score (nSPS) is 10.0. The monoisotopic (exact) mass is 303 g/mol. The number of halogens is 1. The number of thioether (sulfide) groups is 1. The highest BCUT2D eigenvalue weighted by atomic mass is 35.5. The van der Waals surface area contributed by atoms with Crippen molar-refractivity contribution in [2.75, 3.05) is 0 Å². The van der Waals surface area contributed by atoms with E-state index in [9.17, 15) is 4.79 Å². The molecular formula is C15H10ClNO2S. The maximum atomic E-state index is 10.7. The Kier molecular flexibility index (Phi) is 4.67. The lowest BCUT2D eigenvalue weighted by molar-refractivity contribution is 0.0697. The van der Waals surface area contributed by atoms with Crippen LogP contribution in [0.2, 0.25) is 5.02 Å². The van der Waals surface area contributed by atoms with E-state index in [1.165, 1.54) is 0 Å². The molecule has 5 heteroatoms. The highest BCUT2D eigenvalue weighted by molar-refractivity contribution is 7.98. The third-order valence-corrected chi connectivity index (χ3v) is 4.09. The first kappa shape index (κ1) is 14.4. The van der Waals surface area contributed by atoms with Crippen molar-refractivity contribution in [2.24, 2.45) is 0 Å². The van der Waals surface area contributed by atoms with E-state index >= 15 is 0 Å². The molecule has 20 heavy (non-hydrogen) atoms. The minimum absolute atomic E-state index is 0.269. The van der Waals surface area contributed by atoms with Crippen molar-refractivity contribution in [1.82, 2.24) is 0 Å². The molecule has 0 aliphatic carbocycles. The van der Waals surface area contributed by atoms with Gasteiger partial charge in [-0.3, -0.25) is 0 Å². The molecule has 0 saturated heterocycles. The average Bonchev–Trinajstić information content (AvgIpc) is 2.46. The van der Waals surface area contributed by atoms with Crippen molar-refractivity contribution in [3.05, 3.63) is 64.2 Å². The van der Waals surface area contributed by atoms with Gasteiger partial charge in [-0.1, -0.05) is 17.7 Å². The topological polar surface area (TPSA) is 61.1 Å². The van der Waals surface area contributed by atoms with E-state index in [0.29, 0.717) is 16.3 Å². The molecule has 0 atom stereocenters. The number of hydrogen-bond acceptors (Lipinski definition) is 3. The van der Waals surface area contributed by atoms with E-state index in [1.54, 1.807) is 48.2 Å². The number of aromatic carboxylic acids is 1. The van der Waals surface area contributed by atoms with Crippen LogP contribution in [0.25, 0.3) is 0 Å². The largest absolute Gasteiger partial charge is 0.478 e. The molecule has 0 bridgehead atoms. The van der Waals surface area contributed by atoms with Crippen molar-refractivity contribution in [2.45, 2.75) is 10.6 Å². The van der Waals surface area contributed by atoms with E-state index in [2.05, 4.69) is 0 Å². The Hall–Kier alpha value is -1.96. The van der Waals surface area contributed by atoms with Crippen LogP contribution in [0, 0.1) is 11.3 Å². The molecule has 100 valence electrons. The fraction of sp³-hybridized carbons (Fsp3) is 0.0667. The van der Waals surface area contributed by atoms with Crippen molar-refractivity contribution >= 4 is 29.3 Å². The number of carboxylic acid groups (broad SMARTS) is 1. The number of carbonyl (C=O) groups is 1. The Morgan fingerprint density at radius 3 is 2.50 bits per heavy atom. The smallest absolute Gasteiger partial charge is 0.335 e. The van der Waals surface area contributed by atoms with Gasteiger partial charge in [0.15, 0.2) is 0 Å². The zero-order valence-corrected chi connectivity index (χ0v) is 11.9. The number of hydrogen-bond donors (Lipinski definition) is 1. The number of nitriles is 1. The predicted octanol–water partition coefficient (Wildman–Crippen LogP) is 4.20. The summed E-state index contributed by atoms with van der Waals surface area (Å²) in [6.07, 6.45) is 0. The van der Waals surface area contributed by atoms with Gasteiger partial charge in [0.05, 0.1) is 17.2 Å². The van der Waals surface area contributed by atoms with Crippen LogP contribution >= 0.6 is 23.4 Å². The fourth-order valence-corrected chi connectivity index (χ4v) is 2.82. The third kappa shape index (κ3) is 3.53. The standard InChI is InChI=1S/C15H10ClNO2S/c16-14-7-10(8-17)1-2-12(14)9-20-13-5-3-11(4-6-13)15(18)19/h1-7H,9H2,(H,18,19). The molecule has 0 amide bonds. The second-order valence-corrected chi connectivity index (χ2v) is 5.49. The molecular weight excluding hydrogens is 294 g/mol. The summed E-state index contributed by atoms with van der Waals surface area (Å²) in [5.74, 6) is -0.270. The molecule has 0 saturated carbocycles. The number of nitrogens with zero attached hydrogens (tertiary/aromatic N) is 1. The molecule has 2 rings (SSSR count). The summed E-state index contributed by atoms with van der Waals surface area (Å²) >= 11 is 7.66. The maximum Gasteiger partial charge on any atom is 0.335 e. The van der Waals surface area contributed by atoms with E-state index in [-0.39, 0.29) is 5.56 Å². The average molecular weight is 304 g/mol. The summed E-state index contributed by atoms with van der Waals surface area (Å²) < 4.78 is 0. The summed E-state index contributed by atoms with van der Waals surface area (Å²) in [4.78, 5) is 11.7. The van der Waals surface area contributed by atoms with Crippen LogP contribution in [0.3, 0.4) is 0 Å². The molecule has 0 aliphatic rings. The van der Waals surface area contributed by atoms with Crippen LogP contribution in [-0.4, -0.2) is 11.1 Å². The van der Waals surface area contributed by atoms with Crippen LogP contribution in [0.5, 0.6) is 0 Å². The highest BCUT2D eigenvalue weighted by Crippen LogP contribution is 2.27. The van der Waals surface area contributed by atoms with Crippen molar-refractivity contribution in [1.29, 1.82) is 5.26 Å². The van der Waals surface area contributed by atoms with Crippen LogP contribution in [0.4, 0.5) is 0 Å². The van der Waals surface area contributed by atoms with Gasteiger partial charge in [0.25, 0.3) is 0 Å². The summed E-state index contributed by atoms with van der Waals surface area (Å²) in [6.45, 7) is 0. The van der Waals surface area contributed by atoms with E-state index < -0.39 is 5.97 Å². The molecule has 1 N–H and O–H groups in total. The Morgan fingerprint density at radius 1 is 1.25 bits per heavy atom. The molecule has 0 unspecified atom stereocenters. The Labute approximate surface area is 125 Å². The van der Waals surface area contributed by atoms with Crippen LogP contribution in [0.1, 0.15) is 21.5 Å². The van der Waals surface area contributed by atoms with Gasteiger partial charge >= 0.3 is 5.97 Å². The van der Waals surface area contributed by atoms with Gasteiger partial charge in [0.1, 0.15) is 0 Å². The SMILES string of the molecule is N#Cc1ccc(CSc2ccc(C(=O)O)cc2)c(Cl)c1. The van der Waals surface area contributed by atoms with Crippen LogP contribution < -0.4 is 0 Å². The van der Waals surface area contributed by atoms with Crippen molar-refractivity contribution in [3.63, 3.8) is 0 Å². The second-order valence-electron chi connectivity index (χ2n) is 4.04. The Balaban J connectivity index is 2.05. The van der Waals surface area contributed by atoms with Gasteiger partial charge in [-0.25, -0.2) is 4.79 Å². The second kappa shape index (κ2) is 6.47. The number of carboxylic acids is 1. The molecule has 0 fully saturated rings. The molecule has 0 aliphatic heterocycles. The Morgan fingerprint density at radius 2 is 1.95 bits per heavy atom. The molecule has 0 spiro atoms. The fourth-order valence-electron chi connectivity index (χ4n) is 1.59. The van der Waals surface area contributed by atoms with Crippen LogP contribution in [0.15, 0.2) is 47.4 Å². The van der Waals surface area contributed by atoms with Gasteiger partial charge in [-0.2, -0.15) is 5.26 Å². The molecule has 0 radical (unpaired) electrons. The first-order valence-corrected chi connectivity index (χ1v) is 7.11. The van der Waals surface area contributed by atoms with Crippen molar-refractivity contribution in [3.8, 4) is 6.07 Å². The van der Waals surface area contributed by atoms with E-state index in [1.807, 2.05) is 12.1 Å². The third-order valence-electron chi connectivity index (χ3n) is 2.68. The quantitative estimate of drug-likeness (QED) is 0.860. The predicted molar refractivity (Wildman–Crippen MR) is 79.1 cm³/mol. The van der Waals surface area contributed by atoms with Gasteiger partial charge in [0.2, 0.25) is 0 Å². The number of rotatable bonds is 4. The van der Waals surface area contributed by atoms with E-state index in [0.717, 1.165) is 10.5 Å². The van der Waals surface area contributed by atoms with Gasteiger partial charge in [-0.15, -0.1) is 11.8 Å². The summed E-state index contributed by atoms with van der Waals surface area (Å²) in [7, 11) is 0. The number of benzene rings is 2. The lowest BCUT2D eigenvalue weighted by atomic mass is 10.2. The highest BCUT2D eigenvalue weighted by Gasteiger charge is 2.05. The van der Waals surface area contributed by atoms with E-state index in [4.69, 9.17) is 22.0 Å². The minimum atomic E-state index is -0.934. The summed E-state index contributed by atoms with van der Waals surface area (Å²) in [6, 6.07) is 13.9. The first-order chi connectivity index (χ1) is 9.60. The molecule has 0 heterocycles. The molecule has 2 aromatic carbocycles. The van der Waals surface area contributed by atoms with Gasteiger partial charge in [-0.05, 0) is 42.0 Å². The lowest BCUT2D eigenvalue weighted by Crippen LogP contribution is -1.94. The molecule has 3 nitrogen and oxygen atoms in total. The zero-order chi connectivity index (χ0) is 14.5. The minimum Gasteiger partial charge on any atom is -0.478 e. The van der Waals surface area contributed by atoms with Crippen LogP contribution in [-0.2, 0) is 5.75 Å². The zero-order valence-electron chi connectivity index (χ0n) is 10.3. The van der Waals surface area contributed by atoms with Gasteiger partial charge < -0.3 is 5.11 Å². The molecule has 0 aromatic heterocycles. The summed E-state index contributed by atoms with van der Waals surface area (Å²) in [5.41, 5.74) is 1.75. The summed E-state index contributed by atoms with van der Waals surface area (Å²) in [5, 5.41) is 18.2. The van der Waals surface area contributed by atoms with Gasteiger partial charge in [0, 0.05) is 15.7 Å². The maximum absolute atomic E-state index is 10.7.